The van der Waals surface area contributed by atoms with Crippen LogP contribution in [0.25, 0.3) is 0 Å². The Labute approximate surface area is 131 Å². The maximum absolute atomic E-state index is 11.7. The largest absolute Gasteiger partial charge is 0.480 e. The van der Waals surface area contributed by atoms with E-state index >= 15 is 0 Å². The topological polar surface area (TPSA) is 126 Å². The number of thioether (sulfide) groups is 1. The van der Waals surface area contributed by atoms with Crippen molar-refractivity contribution in [3.05, 3.63) is 36.0 Å². The molecule has 1 aromatic carbocycles. The highest BCUT2D eigenvalue weighted by Crippen LogP contribution is 2.19. The van der Waals surface area contributed by atoms with Gasteiger partial charge in [-0.15, -0.1) is 0 Å². The molecule has 0 aliphatic heterocycles. The van der Waals surface area contributed by atoms with Crippen molar-refractivity contribution in [2.75, 3.05) is 5.32 Å². The number of rotatable bonds is 6. The molecule has 0 aliphatic carbocycles. The number of aliphatic carboxylic acids is 1. The number of benzene rings is 1. The maximum Gasteiger partial charge on any atom is 0.325 e. The molecule has 8 heteroatoms. The van der Waals surface area contributed by atoms with E-state index in [0.717, 1.165) is 16.7 Å². The molecule has 0 spiro atoms. The summed E-state index contributed by atoms with van der Waals surface area (Å²) in [6, 6.07) is 7.39. The molecule has 0 saturated carbocycles. The molecule has 0 heterocycles. The Bertz CT molecular complexity index is 671. The Morgan fingerprint density at radius 3 is 2.45 bits per heavy atom. The third-order valence-electron chi connectivity index (χ3n) is 2.48. The molecule has 0 bridgehead atoms. The minimum atomic E-state index is -1.19. The maximum atomic E-state index is 11.7. The van der Waals surface area contributed by atoms with Crippen molar-refractivity contribution in [3.63, 3.8) is 0 Å². The third kappa shape index (κ3) is 5.19. The van der Waals surface area contributed by atoms with Crippen LogP contribution in [-0.4, -0.2) is 23.0 Å². The van der Waals surface area contributed by atoms with Crippen LogP contribution in [0.15, 0.2) is 40.9 Å². The molecule has 0 radical (unpaired) electrons. The fourth-order valence-corrected chi connectivity index (χ4v) is 1.69. The highest BCUT2D eigenvalue weighted by atomic mass is 32.2. The van der Waals surface area contributed by atoms with Gasteiger partial charge in [0.2, 0.25) is 0 Å². The summed E-state index contributed by atoms with van der Waals surface area (Å²) in [5.74, 6) is -1.97. The standard InChI is InChI=1S/C14H12N4O3S/c1-9(14(20)21)18-13(19)10(6-15)7-17-11-2-4-12(5-3-11)22-8-16/h2-5,7,9,17H,1H3,(H,18,19)(H,20,21)/b10-7-. The van der Waals surface area contributed by atoms with E-state index in [-0.39, 0.29) is 5.57 Å². The number of carboxylic acids is 1. The Morgan fingerprint density at radius 2 is 1.95 bits per heavy atom. The number of hydrogen-bond donors (Lipinski definition) is 3. The molecular formula is C14H12N4O3S. The monoisotopic (exact) mass is 316 g/mol. The van der Waals surface area contributed by atoms with E-state index in [1.165, 1.54) is 13.1 Å². The van der Waals surface area contributed by atoms with E-state index in [2.05, 4.69) is 10.6 Å². The molecule has 1 atom stereocenters. The summed E-state index contributed by atoms with van der Waals surface area (Å²) in [7, 11) is 0. The summed E-state index contributed by atoms with van der Waals surface area (Å²) in [5.41, 5.74) is 0.373. The van der Waals surface area contributed by atoms with Crippen LogP contribution in [0, 0.1) is 22.0 Å². The molecule has 0 fully saturated rings. The van der Waals surface area contributed by atoms with E-state index in [1.807, 2.05) is 5.40 Å². The lowest BCUT2D eigenvalue weighted by Crippen LogP contribution is -2.39. The second-order valence-corrected chi connectivity index (χ2v) is 4.92. The molecule has 0 saturated heterocycles. The zero-order valence-corrected chi connectivity index (χ0v) is 12.3. The number of nitrogens with zero attached hydrogens (tertiary/aromatic N) is 2. The van der Waals surface area contributed by atoms with Crippen molar-refractivity contribution >= 4 is 29.3 Å². The lowest BCUT2D eigenvalue weighted by molar-refractivity contribution is -0.140. The molecule has 7 nitrogen and oxygen atoms in total. The van der Waals surface area contributed by atoms with Gasteiger partial charge < -0.3 is 15.7 Å². The highest BCUT2D eigenvalue weighted by Gasteiger charge is 2.16. The fourth-order valence-electron chi connectivity index (χ4n) is 1.31. The van der Waals surface area contributed by atoms with Crippen LogP contribution in [0.4, 0.5) is 5.69 Å². The van der Waals surface area contributed by atoms with Crippen LogP contribution < -0.4 is 10.6 Å². The second kappa shape index (κ2) is 8.35. The van der Waals surface area contributed by atoms with Gasteiger partial charge in [-0.25, -0.2) is 0 Å². The number of amides is 1. The molecule has 1 unspecified atom stereocenters. The van der Waals surface area contributed by atoms with Gasteiger partial charge in [-0.3, -0.25) is 9.59 Å². The number of carbonyl (C=O) groups excluding carboxylic acids is 1. The minimum absolute atomic E-state index is 0.247. The first-order chi connectivity index (χ1) is 10.5. The number of thiocyanates is 1. The van der Waals surface area contributed by atoms with Gasteiger partial charge in [0.1, 0.15) is 23.1 Å². The first kappa shape index (κ1) is 17.1. The number of anilines is 1. The van der Waals surface area contributed by atoms with Crippen LogP contribution in [0.1, 0.15) is 6.92 Å². The van der Waals surface area contributed by atoms with Crippen molar-refractivity contribution in [2.45, 2.75) is 17.9 Å². The predicted molar refractivity (Wildman–Crippen MR) is 80.5 cm³/mol. The van der Waals surface area contributed by atoms with E-state index < -0.39 is 17.9 Å². The van der Waals surface area contributed by atoms with Gasteiger partial charge in [0, 0.05) is 16.8 Å². The summed E-state index contributed by atoms with van der Waals surface area (Å²) in [6.45, 7) is 1.30. The molecule has 1 aromatic rings. The van der Waals surface area contributed by atoms with Crippen molar-refractivity contribution < 1.29 is 14.7 Å². The lowest BCUT2D eigenvalue weighted by Gasteiger charge is -2.08. The van der Waals surface area contributed by atoms with Gasteiger partial charge in [-0.05, 0) is 43.0 Å². The number of carbonyl (C=O) groups is 2. The van der Waals surface area contributed by atoms with Crippen molar-refractivity contribution in [1.82, 2.24) is 5.32 Å². The molecule has 22 heavy (non-hydrogen) atoms. The molecule has 0 aliphatic rings. The SMILES string of the molecule is CC(NC(=O)/C(C#N)=C\Nc1ccc(SC#N)cc1)C(=O)O. The number of nitriles is 2. The van der Waals surface area contributed by atoms with Gasteiger partial charge in [0.05, 0.1) is 0 Å². The fraction of sp³-hybridized carbons (Fsp3) is 0.143. The summed E-state index contributed by atoms with van der Waals surface area (Å²) in [4.78, 5) is 23.1. The predicted octanol–water partition coefficient (Wildman–Crippen LogP) is 1.67. The first-order valence-electron chi connectivity index (χ1n) is 6.04. The Morgan fingerprint density at radius 1 is 1.32 bits per heavy atom. The Kier molecular flexibility index (Phi) is 6.48. The van der Waals surface area contributed by atoms with Crippen LogP contribution in [0.3, 0.4) is 0 Å². The van der Waals surface area contributed by atoms with Gasteiger partial charge in [0.15, 0.2) is 0 Å². The molecule has 1 rings (SSSR count). The number of hydrogen-bond acceptors (Lipinski definition) is 6. The van der Waals surface area contributed by atoms with Gasteiger partial charge in [-0.2, -0.15) is 10.5 Å². The van der Waals surface area contributed by atoms with Crippen LogP contribution in [0.5, 0.6) is 0 Å². The van der Waals surface area contributed by atoms with Crippen LogP contribution in [-0.2, 0) is 9.59 Å². The molecule has 1 amide bonds. The zero-order valence-electron chi connectivity index (χ0n) is 11.5. The lowest BCUT2D eigenvalue weighted by atomic mass is 10.2. The van der Waals surface area contributed by atoms with Gasteiger partial charge in [-0.1, -0.05) is 0 Å². The van der Waals surface area contributed by atoms with Crippen LogP contribution in [0.2, 0.25) is 0 Å². The third-order valence-corrected chi connectivity index (χ3v) is 3.08. The Balaban J connectivity index is 2.73. The van der Waals surface area contributed by atoms with Crippen LogP contribution >= 0.6 is 11.8 Å². The number of carboxylic acid groups (broad SMARTS) is 1. The summed E-state index contributed by atoms with van der Waals surface area (Å²) >= 11 is 1.02. The average molecular weight is 316 g/mol. The normalized spacial score (nSPS) is 11.7. The van der Waals surface area contributed by atoms with E-state index in [0.29, 0.717) is 5.69 Å². The van der Waals surface area contributed by atoms with Crippen molar-refractivity contribution in [1.29, 1.82) is 10.5 Å². The first-order valence-corrected chi connectivity index (χ1v) is 6.86. The summed E-state index contributed by atoms with van der Waals surface area (Å²) < 4.78 is 0. The zero-order chi connectivity index (χ0) is 16.5. The van der Waals surface area contributed by atoms with Gasteiger partial charge in [0.25, 0.3) is 5.91 Å². The average Bonchev–Trinajstić information content (AvgIpc) is 2.49. The van der Waals surface area contributed by atoms with E-state index in [9.17, 15) is 9.59 Å². The molecule has 112 valence electrons. The van der Waals surface area contributed by atoms with Crippen molar-refractivity contribution in [3.8, 4) is 11.5 Å². The quantitative estimate of drug-likeness (QED) is 0.315. The molecule has 3 N–H and O–H groups in total. The number of nitrogens with one attached hydrogen (secondary N) is 2. The molecular weight excluding hydrogens is 304 g/mol. The van der Waals surface area contributed by atoms with Crippen molar-refractivity contribution in [2.24, 2.45) is 0 Å². The second-order valence-electron chi connectivity index (χ2n) is 4.07. The highest BCUT2D eigenvalue weighted by molar-refractivity contribution is 8.03. The smallest absolute Gasteiger partial charge is 0.325 e. The molecule has 0 aromatic heterocycles. The summed E-state index contributed by atoms with van der Waals surface area (Å²) in [6.07, 6.45) is 1.19. The summed E-state index contributed by atoms with van der Waals surface area (Å²) in [5, 5.41) is 33.1. The Hall–Kier alpha value is -2.97. The van der Waals surface area contributed by atoms with E-state index in [4.69, 9.17) is 15.6 Å². The minimum Gasteiger partial charge on any atom is -0.480 e. The van der Waals surface area contributed by atoms with E-state index in [1.54, 1.807) is 30.3 Å². The van der Waals surface area contributed by atoms with Gasteiger partial charge >= 0.3 is 5.97 Å².